The van der Waals surface area contributed by atoms with Gasteiger partial charge in [0.15, 0.2) is 0 Å². The zero-order chi connectivity index (χ0) is 16.1. The molecular weight excluding hydrogens is 290 g/mol. The summed E-state index contributed by atoms with van der Waals surface area (Å²) in [6.07, 6.45) is 1.89. The van der Waals surface area contributed by atoms with E-state index in [2.05, 4.69) is 4.90 Å². The highest BCUT2D eigenvalue weighted by atomic mass is 16.5. The van der Waals surface area contributed by atoms with Crippen molar-refractivity contribution in [2.24, 2.45) is 0 Å². The van der Waals surface area contributed by atoms with E-state index in [4.69, 9.17) is 4.74 Å². The Balaban J connectivity index is 1.54. The van der Waals surface area contributed by atoms with Gasteiger partial charge in [0.1, 0.15) is 24.2 Å². The number of phenols is 1. The Morgan fingerprint density at radius 2 is 1.48 bits per heavy atom. The number of nitrogens with zero attached hydrogens (tertiary/aromatic N) is 1. The fraction of sp³-hybridized carbons (Fsp3) is 0.368. The van der Waals surface area contributed by atoms with Crippen LogP contribution in [0.25, 0.3) is 0 Å². The van der Waals surface area contributed by atoms with Crippen molar-refractivity contribution in [1.82, 2.24) is 4.90 Å². The first-order valence-corrected chi connectivity index (χ1v) is 8.14. The fourth-order valence-electron chi connectivity index (χ4n) is 2.89. The van der Waals surface area contributed by atoms with Crippen LogP contribution in [0.2, 0.25) is 0 Å². The molecule has 1 aliphatic heterocycles. The molecule has 0 saturated carbocycles. The lowest BCUT2D eigenvalue weighted by atomic mass is 10.0. The number of phenolic OH excluding ortho intramolecular Hbond substituents is 1. The van der Waals surface area contributed by atoms with E-state index >= 15 is 0 Å². The van der Waals surface area contributed by atoms with Crippen LogP contribution in [0.3, 0.4) is 0 Å². The molecule has 1 saturated heterocycles. The van der Waals surface area contributed by atoms with Crippen LogP contribution in [-0.2, 0) is 0 Å². The average Bonchev–Trinajstić information content (AvgIpc) is 3.09. The maximum Gasteiger partial charge on any atom is 0.119 e. The number of hydrogen-bond donors (Lipinski definition) is 2. The summed E-state index contributed by atoms with van der Waals surface area (Å²) >= 11 is 0. The van der Waals surface area contributed by atoms with Gasteiger partial charge in [0, 0.05) is 6.54 Å². The van der Waals surface area contributed by atoms with Crippen LogP contribution in [0.1, 0.15) is 30.1 Å². The Labute approximate surface area is 136 Å². The minimum Gasteiger partial charge on any atom is -0.508 e. The predicted molar refractivity (Wildman–Crippen MR) is 89.8 cm³/mol. The third-order valence-corrected chi connectivity index (χ3v) is 4.28. The Morgan fingerprint density at radius 1 is 0.913 bits per heavy atom. The van der Waals surface area contributed by atoms with Crippen molar-refractivity contribution in [2.45, 2.75) is 18.9 Å². The number of aliphatic hydroxyl groups excluding tert-OH is 1. The van der Waals surface area contributed by atoms with Crippen LogP contribution in [-0.4, -0.2) is 41.4 Å². The number of likely N-dealkylation sites (tertiary alicyclic amines) is 1. The number of hydrogen-bond acceptors (Lipinski definition) is 4. The van der Waals surface area contributed by atoms with E-state index in [1.807, 2.05) is 24.3 Å². The van der Waals surface area contributed by atoms with Crippen LogP contribution < -0.4 is 4.74 Å². The summed E-state index contributed by atoms with van der Waals surface area (Å²) in [5.74, 6) is 1.02. The Bertz CT molecular complexity index is 604. The average molecular weight is 313 g/mol. The quantitative estimate of drug-likeness (QED) is 0.861. The molecule has 2 aromatic carbocycles. The minimum absolute atomic E-state index is 0.197. The summed E-state index contributed by atoms with van der Waals surface area (Å²) in [5, 5.41) is 19.7. The van der Waals surface area contributed by atoms with E-state index in [0.717, 1.165) is 23.4 Å². The maximum atomic E-state index is 10.4. The molecule has 4 nitrogen and oxygen atoms in total. The second-order valence-electron chi connectivity index (χ2n) is 5.96. The van der Waals surface area contributed by atoms with E-state index < -0.39 is 6.10 Å². The normalized spacial score (nSPS) is 16.4. The van der Waals surface area contributed by atoms with Gasteiger partial charge in [-0.15, -0.1) is 0 Å². The minimum atomic E-state index is -0.700. The van der Waals surface area contributed by atoms with E-state index in [-0.39, 0.29) is 5.75 Å². The first kappa shape index (κ1) is 15.8. The van der Waals surface area contributed by atoms with Gasteiger partial charge in [0.2, 0.25) is 0 Å². The van der Waals surface area contributed by atoms with Gasteiger partial charge in [-0.2, -0.15) is 0 Å². The smallest absolute Gasteiger partial charge is 0.119 e. The molecule has 1 atom stereocenters. The molecule has 3 rings (SSSR count). The second-order valence-corrected chi connectivity index (χ2v) is 5.96. The third kappa shape index (κ3) is 4.24. The zero-order valence-electron chi connectivity index (χ0n) is 13.2. The highest BCUT2D eigenvalue weighted by Gasteiger charge is 2.12. The summed E-state index contributed by atoms with van der Waals surface area (Å²) in [7, 11) is 0. The van der Waals surface area contributed by atoms with Crippen molar-refractivity contribution in [3.05, 3.63) is 59.7 Å². The molecule has 23 heavy (non-hydrogen) atoms. The highest BCUT2D eigenvalue weighted by Crippen LogP contribution is 2.25. The van der Waals surface area contributed by atoms with Gasteiger partial charge < -0.3 is 14.9 Å². The summed E-state index contributed by atoms with van der Waals surface area (Å²) in [5.41, 5.74) is 1.56. The first-order valence-electron chi connectivity index (χ1n) is 8.14. The summed E-state index contributed by atoms with van der Waals surface area (Å²) < 4.78 is 5.77. The molecule has 0 radical (unpaired) electrons. The van der Waals surface area contributed by atoms with Crippen molar-refractivity contribution in [1.29, 1.82) is 0 Å². The van der Waals surface area contributed by atoms with E-state index in [9.17, 15) is 10.2 Å². The number of benzene rings is 2. The molecule has 0 amide bonds. The molecule has 4 heteroatoms. The molecule has 0 aliphatic carbocycles. The molecule has 1 unspecified atom stereocenters. The van der Waals surface area contributed by atoms with Crippen LogP contribution in [0.15, 0.2) is 48.5 Å². The maximum absolute atomic E-state index is 10.4. The van der Waals surface area contributed by atoms with Crippen molar-refractivity contribution >= 4 is 0 Å². The topological polar surface area (TPSA) is 52.9 Å². The van der Waals surface area contributed by atoms with E-state index in [1.165, 1.54) is 25.9 Å². The molecule has 1 fully saturated rings. The molecule has 122 valence electrons. The van der Waals surface area contributed by atoms with Crippen molar-refractivity contribution in [2.75, 3.05) is 26.2 Å². The van der Waals surface area contributed by atoms with Gasteiger partial charge in [-0.25, -0.2) is 0 Å². The number of rotatable bonds is 6. The Kier molecular flexibility index (Phi) is 5.16. The van der Waals surface area contributed by atoms with Crippen LogP contribution >= 0.6 is 0 Å². The molecule has 0 spiro atoms. The van der Waals surface area contributed by atoms with Crippen LogP contribution in [0.4, 0.5) is 0 Å². The van der Waals surface area contributed by atoms with E-state index in [0.29, 0.717) is 6.61 Å². The van der Waals surface area contributed by atoms with Gasteiger partial charge in [-0.1, -0.05) is 24.3 Å². The molecule has 1 heterocycles. The summed E-state index contributed by atoms with van der Waals surface area (Å²) in [6.45, 7) is 4.03. The number of aliphatic hydroxyl groups is 1. The standard InChI is InChI=1S/C19H23NO3/c21-17-7-3-15(4-8-17)19(22)16-5-9-18(10-6-16)23-14-13-20-11-1-2-12-20/h3-10,19,21-22H,1-2,11-14H2. The van der Waals surface area contributed by atoms with E-state index in [1.54, 1.807) is 24.3 Å². The van der Waals surface area contributed by atoms with Gasteiger partial charge in [-0.3, -0.25) is 4.90 Å². The Morgan fingerprint density at radius 3 is 2.09 bits per heavy atom. The molecule has 1 aliphatic rings. The molecule has 0 aromatic heterocycles. The van der Waals surface area contributed by atoms with Gasteiger partial charge >= 0.3 is 0 Å². The molecular formula is C19H23NO3. The molecule has 2 N–H and O–H groups in total. The lowest BCUT2D eigenvalue weighted by molar-refractivity contribution is 0.219. The lowest BCUT2D eigenvalue weighted by Crippen LogP contribution is -2.25. The number of ether oxygens (including phenoxy) is 1. The first-order chi connectivity index (χ1) is 11.2. The van der Waals surface area contributed by atoms with Gasteiger partial charge in [0.05, 0.1) is 0 Å². The Hall–Kier alpha value is -2.04. The van der Waals surface area contributed by atoms with Crippen LogP contribution in [0.5, 0.6) is 11.5 Å². The largest absolute Gasteiger partial charge is 0.508 e. The highest BCUT2D eigenvalue weighted by molar-refractivity contribution is 5.36. The zero-order valence-corrected chi connectivity index (χ0v) is 13.2. The van der Waals surface area contributed by atoms with Gasteiger partial charge in [-0.05, 0) is 61.3 Å². The SMILES string of the molecule is Oc1ccc(C(O)c2ccc(OCCN3CCCC3)cc2)cc1. The predicted octanol–water partition coefficient (Wildman–Crippen LogP) is 2.95. The number of aromatic hydroxyl groups is 1. The fourth-order valence-corrected chi connectivity index (χ4v) is 2.89. The molecule has 0 bridgehead atoms. The monoisotopic (exact) mass is 313 g/mol. The van der Waals surface area contributed by atoms with Gasteiger partial charge in [0.25, 0.3) is 0 Å². The van der Waals surface area contributed by atoms with Crippen molar-refractivity contribution in [3.8, 4) is 11.5 Å². The third-order valence-electron chi connectivity index (χ3n) is 4.28. The second kappa shape index (κ2) is 7.49. The summed E-state index contributed by atoms with van der Waals surface area (Å²) in [4.78, 5) is 2.42. The lowest BCUT2D eigenvalue weighted by Gasteiger charge is -2.15. The van der Waals surface area contributed by atoms with Crippen molar-refractivity contribution in [3.63, 3.8) is 0 Å². The molecule has 2 aromatic rings. The summed E-state index contributed by atoms with van der Waals surface area (Å²) in [6, 6.07) is 14.1. The van der Waals surface area contributed by atoms with Crippen LogP contribution in [0, 0.1) is 0 Å². The van der Waals surface area contributed by atoms with Crippen molar-refractivity contribution < 1.29 is 14.9 Å².